The highest BCUT2D eigenvalue weighted by atomic mass is 79.9. The highest BCUT2D eigenvalue weighted by Crippen LogP contribution is 2.25. The van der Waals surface area contributed by atoms with Gasteiger partial charge in [0.2, 0.25) is 0 Å². The molecule has 0 saturated carbocycles. The van der Waals surface area contributed by atoms with E-state index in [0.717, 1.165) is 10.2 Å². The molecule has 0 aliphatic carbocycles. The van der Waals surface area contributed by atoms with Gasteiger partial charge in [-0.2, -0.15) is 5.10 Å². The molecule has 2 N–H and O–H groups in total. The van der Waals surface area contributed by atoms with E-state index in [-0.39, 0.29) is 5.56 Å². The lowest BCUT2D eigenvalue weighted by Crippen LogP contribution is -2.10. The lowest BCUT2D eigenvalue weighted by Gasteiger charge is -2.09. The van der Waals surface area contributed by atoms with Crippen molar-refractivity contribution < 1.29 is 9.90 Å². The van der Waals surface area contributed by atoms with E-state index in [1.165, 1.54) is 6.20 Å². The van der Waals surface area contributed by atoms with Crippen LogP contribution in [0.2, 0.25) is 5.02 Å². The van der Waals surface area contributed by atoms with Crippen LogP contribution in [-0.4, -0.2) is 20.9 Å². The molecule has 0 unspecified atom stereocenters. The van der Waals surface area contributed by atoms with Crippen LogP contribution in [0.3, 0.4) is 0 Å². The van der Waals surface area contributed by atoms with Crippen LogP contribution >= 0.6 is 27.5 Å². The predicted molar refractivity (Wildman–Crippen MR) is 76.6 cm³/mol. The van der Waals surface area contributed by atoms with E-state index in [4.69, 9.17) is 16.7 Å². The number of aromatic nitrogens is 2. The third-order valence-corrected chi connectivity index (χ3v) is 3.89. The second-order valence-corrected chi connectivity index (χ2v) is 5.18. The summed E-state index contributed by atoms with van der Waals surface area (Å²) in [6, 6.07) is 5.42. The first-order valence-electron chi connectivity index (χ1n) is 5.42. The van der Waals surface area contributed by atoms with E-state index in [0.29, 0.717) is 17.3 Å². The molecule has 0 radical (unpaired) electrons. The van der Waals surface area contributed by atoms with Gasteiger partial charge in [-0.25, -0.2) is 4.79 Å². The second-order valence-electron chi connectivity index (χ2n) is 3.92. The topological polar surface area (TPSA) is 67.2 Å². The fourth-order valence-electron chi connectivity index (χ4n) is 1.64. The van der Waals surface area contributed by atoms with Crippen molar-refractivity contribution in [3.8, 4) is 0 Å². The first kappa shape index (κ1) is 13.9. The van der Waals surface area contributed by atoms with Crippen molar-refractivity contribution in [2.45, 2.75) is 6.54 Å². The molecule has 2 aromatic rings. The van der Waals surface area contributed by atoms with Gasteiger partial charge in [0, 0.05) is 17.2 Å². The summed E-state index contributed by atoms with van der Waals surface area (Å²) in [7, 11) is 1.71. The van der Waals surface area contributed by atoms with E-state index in [1.807, 2.05) is 12.1 Å². The van der Waals surface area contributed by atoms with Crippen LogP contribution in [0.4, 0.5) is 5.69 Å². The Kier molecular flexibility index (Phi) is 4.11. The average Bonchev–Trinajstić information content (AvgIpc) is 2.72. The monoisotopic (exact) mass is 343 g/mol. The van der Waals surface area contributed by atoms with Crippen LogP contribution in [-0.2, 0) is 13.6 Å². The van der Waals surface area contributed by atoms with E-state index in [1.54, 1.807) is 17.8 Å². The van der Waals surface area contributed by atoms with Crippen LogP contribution in [0.15, 0.2) is 28.9 Å². The predicted octanol–water partition coefficient (Wildman–Crippen LogP) is 3.15. The van der Waals surface area contributed by atoms with Gasteiger partial charge in [0.25, 0.3) is 0 Å². The fraction of sp³-hybridized carbons (Fsp3) is 0.167. The molecule has 0 aliphatic rings. The smallest absolute Gasteiger partial charge is 0.339 e. The zero-order valence-corrected chi connectivity index (χ0v) is 12.4. The van der Waals surface area contributed by atoms with Gasteiger partial charge in [0.1, 0.15) is 5.56 Å². The summed E-state index contributed by atoms with van der Waals surface area (Å²) in [6.07, 6.45) is 1.34. The molecular formula is C12H11BrClN3O2. The summed E-state index contributed by atoms with van der Waals surface area (Å²) in [6.45, 7) is 0.367. The molecule has 5 nitrogen and oxygen atoms in total. The molecule has 1 aromatic heterocycles. The summed E-state index contributed by atoms with van der Waals surface area (Å²) in [4.78, 5) is 11.0. The Hall–Kier alpha value is -1.53. The summed E-state index contributed by atoms with van der Waals surface area (Å²) in [5, 5.41) is 16.8. The molecule has 0 aliphatic heterocycles. The van der Waals surface area contributed by atoms with Crippen molar-refractivity contribution in [1.29, 1.82) is 0 Å². The molecule has 0 spiro atoms. The molecule has 0 atom stereocenters. The normalized spacial score (nSPS) is 10.5. The highest BCUT2D eigenvalue weighted by molar-refractivity contribution is 9.10. The van der Waals surface area contributed by atoms with Gasteiger partial charge in [-0.05, 0) is 34.1 Å². The van der Waals surface area contributed by atoms with Gasteiger partial charge in [-0.1, -0.05) is 11.6 Å². The molecule has 7 heteroatoms. The Balaban J connectivity index is 2.16. The lowest BCUT2D eigenvalue weighted by molar-refractivity contribution is 0.0695. The molecule has 100 valence electrons. The Morgan fingerprint density at radius 3 is 2.95 bits per heavy atom. The number of nitrogens with zero attached hydrogens (tertiary/aromatic N) is 2. The summed E-state index contributed by atoms with van der Waals surface area (Å²) in [5.74, 6) is -0.984. The minimum atomic E-state index is -0.984. The number of benzene rings is 1. The van der Waals surface area contributed by atoms with E-state index < -0.39 is 5.97 Å². The standard InChI is InChI=1S/C12H11BrClN3O2/c1-17-11(8(5-16-17)12(18)19)6-15-7-2-3-10(14)9(13)4-7/h2-5,15H,6H2,1H3,(H,18,19). The lowest BCUT2D eigenvalue weighted by atomic mass is 10.2. The summed E-state index contributed by atoms with van der Waals surface area (Å²) >= 11 is 9.24. The number of aromatic carboxylic acids is 1. The molecule has 1 aromatic carbocycles. The average molecular weight is 345 g/mol. The number of carbonyl (C=O) groups is 1. The van der Waals surface area contributed by atoms with Crippen LogP contribution in [0, 0.1) is 0 Å². The first-order valence-corrected chi connectivity index (χ1v) is 6.59. The summed E-state index contributed by atoms with van der Waals surface area (Å²) in [5.41, 5.74) is 1.65. The van der Waals surface area contributed by atoms with Gasteiger partial charge in [-0.3, -0.25) is 4.68 Å². The van der Waals surface area contributed by atoms with Crippen molar-refractivity contribution in [3.05, 3.63) is 45.1 Å². The fourth-order valence-corrected chi connectivity index (χ4v) is 2.14. The van der Waals surface area contributed by atoms with Crippen molar-refractivity contribution in [1.82, 2.24) is 9.78 Å². The maximum Gasteiger partial charge on any atom is 0.339 e. The van der Waals surface area contributed by atoms with Gasteiger partial charge < -0.3 is 10.4 Å². The summed E-state index contributed by atoms with van der Waals surface area (Å²) < 4.78 is 2.32. The molecule has 19 heavy (non-hydrogen) atoms. The molecule has 0 bridgehead atoms. The minimum Gasteiger partial charge on any atom is -0.478 e. The maximum atomic E-state index is 11.0. The molecule has 0 fully saturated rings. The Bertz CT molecular complexity index is 627. The van der Waals surface area contributed by atoms with E-state index in [2.05, 4.69) is 26.3 Å². The molecule has 0 amide bonds. The number of aryl methyl sites for hydroxylation is 1. The van der Waals surface area contributed by atoms with Crippen molar-refractivity contribution >= 4 is 39.2 Å². The van der Waals surface area contributed by atoms with Gasteiger partial charge >= 0.3 is 5.97 Å². The van der Waals surface area contributed by atoms with Crippen molar-refractivity contribution in [2.24, 2.45) is 7.05 Å². The number of halogens is 2. The van der Waals surface area contributed by atoms with Crippen molar-refractivity contribution in [2.75, 3.05) is 5.32 Å². The van der Waals surface area contributed by atoms with E-state index >= 15 is 0 Å². The van der Waals surface area contributed by atoms with Gasteiger partial charge in [-0.15, -0.1) is 0 Å². The first-order chi connectivity index (χ1) is 8.99. The Morgan fingerprint density at radius 1 is 1.58 bits per heavy atom. The molecule has 0 saturated heterocycles. The zero-order chi connectivity index (χ0) is 14.0. The van der Waals surface area contributed by atoms with Crippen LogP contribution in [0.5, 0.6) is 0 Å². The quantitative estimate of drug-likeness (QED) is 0.894. The van der Waals surface area contributed by atoms with E-state index in [9.17, 15) is 4.79 Å². The van der Waals surface area contributed by atoms with Gasteiger partial charge in [0.15, 0.2) is 0 Å². The third kappa shape index (κ3) is 3.08. The Labute approximate surface area is 123 Å². The van der Waals surface area contributed by atoms with Gasteiger partial charge in [0.05, 0.1) is 23.5 Å². The maximum absolute atomic E-state index is 11.0. The number of carboxylic acid groups (broad SMARTS) is 1. The zero-order valence-electron chi connectivity index (χ0n) is 10.0. The number of hydrogen-bond donors (Lipinski definition) is 2. The van der Waals surface area contributed by atoms with Crippen LogP contribution in [0.25, 0.3) is 0 Å². The number of carboxylic acids is 1. The molecular weight excluding hydrogens is 334 g/mol. The molecule has 2 rings (SSSR count). The Morgan fingerprint density at radius 2 is 2.32 bits per heavy atom. The molecule has 1 heterocycles. The largest absolute Gasteiger partial charge is 0.478 e. The number of anilines is 1. The van der Waals surface area contributed by atoms with Crippen LogP contribution in [0.1, 0.15) is 16.1 Å². The highest BCUT2D eigenvalue weighted by Gasteiger charge is 2.14. The minimum absolute atomic E-state index is 0.197. The second kappa shape index (κ2) is 5.63. The third-order valence-electron chi connectivity index (χ3n) is 2.67. The SMILES string of the molecule is Cn1ncc(C(=O)O)c1CNc1ccc(Cl)c(Br)c1. The number of nitrogens with one attached hydrogen (secondary N) is 1. The number of rotatable bonds is 4. The van der Waals surface area contributed by atoms with Crippen LogP contribution < -0.4 is 5.32 Å². The number of hydrogen-bond acceptors (Lipinski definition) is 3. The van der Waals surface area contributed by atoms with Crippen molar-refractivity contribution in [3.63, 3.8) is 0 Å².